The molecule has 1 atom stereocenters. The van der Waals surface area contributed by atoms with E-state index < -0.39 is 0 Å². The number of likely N-dealkylation sites (N-methyl/N-ethyl adjacent to an activating group) is 1. The average Bonchev–Trinajstić information content (AvgIpc) is 3.33. The summed E-state index contributed by atoms with van der Waals surface area (Å²) in [6.45, 7) is 11.0. The molecule has 4 aromatic rings. The molecule has 1 saturated heterocycles. The predicted octanol–water partition coefficient (Wildman–Crippen LogP) is 4.45. The van der Waals surface area contributed by atoms with Crippen molar-refractivity contribution in [3.63, 3.8) is 0 Å². The van der Waals surface area contributed by atoms with E-state index in [9.17, 15) is 0 Å². The highest BCUT2D eigenvalue weighted by molar-refractivity contribution is 5.93. The average molecular weight is 441 g/mol. The van der Waals surface area contributed by atoms with Crippen LogP contribution >= 0.6 is 0 Å². The van der Waals surface area contributed by atoms with Gasteiger partial charge in [0, 0.05) is 61.5 Å². The third-order valence-corrected chi connectivity index (χ3v) is 6.65. The van der Waals surface area contributed by atoms with Crippen LogP contribution in [0.5, 0.6) is 0 Å². The molecular weight excluding hydrogens is 408 g/mol. The Kier molecular flexibility index (Phi) is 6.22. The molecule has 5 rings (SSSR count). The number of hydrogen-bond donors (Lipinski definition) is 2. The number of piperazine rings is 1. The van der Waals surface area contributed by atoms with E-state index in [2.05, 4.69) is 58.1 Å². The van der Waals surface area contributed by atoms with Crippen LogP contribution in [0.1, 0.15) is 31.0 Å². The molecule has 0 saturated carbocycles. The molecule has 0 bridgehead atoms. The molecule has 33 heavy (non-hydrogen) atoms. The summed E-state index contributed by atoms with van der Waals surface area (Å²) in [5, 5.41) is 1.01. The molecule has 2 aromatic carbocycles. The van der Waals surface area contributed by atoms with E-state index in [1.807, 2.05) is 31.3 Å². The maximum Gasteiger partial charge on any atom is 0.162 e. The quantitative estimate of drug-likeness (QED) is 0.463. The number of nitrogens with two attached hydrogens (primary N) is 1. The van der Waals surface area contributed by atoms with Crippen molar-refractivity contribution in [2.75, 3.05) is 32.7 Å². The highest BCUT2D eigenvalue weighted by atomic mass is 15.3. The molecular formula is C27H32N6. The first-order chi connectivity index (χ1) is 16.1. The Hall–Kier alpha value is -3.06. The van der Waals surface area contributed by atoms with Crippen molar-refractivity contribution in [2.24, 2.45) is 5.73 Å². The molecule has 3 N–H and O–H groups in total. The van der Waals surface area contributed by atoms with Gasteiger partial charge in [0.05, 0.1) is 5.69 Å². The number of nitrogens with zero attached hydrogens (tertiary/aromatic N) is 4. The Morgan fingerprint density at radius 1 is 0.939 bits per heavy atom. The molecule has 0 spiro atoms. The first-order valence-corrected chi connectivity index (χ1v) is 11.9. The molecule has 6 nitrogen and oxygen atoms in total. The fraction of sp³-hybridized carbons (Fsp3) is 0.333. The van der Waals surface area contributed by atoms with Crippen LogP contribution in [0.25, 0.3) is 33.7 Å². The Morgan fingerprint density at radius 2 is 1.67 bits per heavy atom. The zero-order valence-electron chi connectivity index (χ0n) is 19.5. The number of hydrogen-bond acceptors (Lipinski definition) is 5. The molecule has 0 radical (unpaired) electrons. The summed E-state index contributed by atoms with van der Waals surface area (Å²) in [4.78, 5) is 18.1. The molecule has 1 aliphatic rings. The topological polar surface area (TPSA) is 74.1 Å². The maximum absolute atomic E-state index is 6.27. The first-order valence-electron chi connectivity index (χ1n) is 11.9. The minimum atomic E-state index is -0.0768. The highest BCUT2D eigenvalue weighted by Crippen LogP contribution is 2.32. The second-order valence-electron chi connectivity index (χ2n) is 8.92. The summed E-state index contributed by atoms with van der Waals surface area (Å²) in [5.74, 6) is 0.725. The molecule has 0 unspecified atom stereocenters. The second-order valence-corrected chi connectivity index (χ2v) is 8.92. The zero-order chi connectivity index (χ0) is 22.8. The summed E-state index contributed by atoms with van der Waals surface area (Å²) in [7, 11) is 0. The van der Waals surface area contributed by atoms with E-state index in [-0.39, 0.29) is 6.04 Å². The second kappa shape index (κ2) is 9.43. The van der Waals surface area contributed by atoms with Crippen molar-refractivity contribution >= 4 is 11.0 Å². The van der Waals surface area contributed by atoms with Crippen LogP contribution in [0, 0.1) is 0 Å². The summed E-state index contributed by atoms with van der Waals surface area (Å²) in [6.07, 6.45) is 1.92. The normalized spacial score (nSPS) is 16.3. The van der Waals surface area contributed by atoms with Gasteiger partial charge in [-0.1, -0.05) is 55.5 Å². The van der Waals surface area contributed by atoms with E-state index in [0.717, 1.165) is 78.5 Å². The van der Waals surface area contributed by atoms with Crippen molar-refractivity contribution in [2.45, 2.75) is 26.4 Å². The standard InChI is InChI=1S/C27H32N6/c1-3-32-14-16-33(17-15-32)18-20-8-10-21(11-9-20)26-30-25(24-12-13-29-27(24)31-26)23-7-5-4-6-22(23)19(2)28/h4-13,19H,3,14-18,28H2,1-2H3,(H,29,30,31)/t19-/m1/s1. The lowest BCUT2D eigenvalue weighted by Crippen LogP contribution is -2.45. The Balaban J connectivity index is 1.44. The summed E-state index contributed by atoms with van der Waals surface area (Å²) in [6, 6.07) is 18.9. The number of benzene rings is 2. The van der Waals surface area contributed by atoms with Crippen molar-refractivity contribution in [3.05, 3.63) is 71.9 Å². The highest BCUT2D eigenvalue weighted by Gasteiger charge is 2.17. The summed E-state index contributed by atoms with van der Waals surface area (Å²) < 4.78 is 0. The Bertz CT molecular complexity index is 1220. The van der Waals surface area contributed by atoms with Gasteiger partial charge in [0.15, 0.2) is 5.82 Å². The van der Waals surface area contributed by atoms with Crippen molar-refractivity contribution in [1.29, 1.82) is 0 Å². The minimum absolute atomic E-state index is 0.0768. The van der Waals surface area contributed by atoms with Crippen molar-refractivity contribution in [1.82, 2.24) is 24.8 Å². The SMILES string of the molecule is CCN1CCN(Cc2ccc(-c3nc(-c4ccccc4[C@@H](C)N)c4cc[nH]c4n3)cc2)CC1. The zero-order valence-corrected chi connectivity index (χ0v) is 19.5. The first kappa shape index (κ1) is 21.8. The maximum atomic E-state index is 6.27. The van der Waals surface area contributed by atoms with E-state index in [4.69, 9.17) is 15.7 Å². The van der Waals surface area contributed by atoms with Crippen LogP contribution in [0.2, 0.25) is 0 Å². The van der Waals surface area contributed by atoms with Crippen molar-refractivity contribution in [3.8, 4) is 22.6 Å². The lowest BCUT2D eigenvalue weighted by molar-refractivity contribution is 0.132. The number of aromatic amines is 1. The number of H-pyrrole nitrogens is 1. The molecule has 1 fully saturated rings. The third kappa shape index (κ3) is 4.55. The van der Waals surface area contributed by atoms with Gasteiger partial charge in [0.1, 0.15) is 5.65 Å². The smallest absolute Gasteiger partial charge is 0.162 e. The van der Waals surface area contributed by atoms with Gasteiger partial charge >= 0.3 is 0 Å². The van der Waals surface area contributed by atoms with Crippen LogP contribution in [0.3, 0.4) is 0 Å². The molecule has 0 aliphatic carbocycles. The molecule has 1 aliphatic heterocycles. The van der Waals surface area contributed by atoms with Gasteiger partial charge < -0.3 is 15.6 Å². The Labute approximate surface area is 195 Å². The predicted molar refractivity (Wildman–Crippen MR) is 135 cm³/mol. The minimum Gasteiger partial charge on any atom is -0.346 e. The van der Waals surface area contributed by atoms with Gasteiger partial charge in [-0.25, -0.2) is 9.97 Å². The molecule has 2 aromatic heterocycles. The molecule has 170 valence electrons. The van der Waals surface area contributed by atoms with E-state index in [1.165, 1.54) is 5.56 Å². The van der Waals surface area contributed by atoms with Crippen LogP contribution in [-0.4, -0.2) is 57.5 Å². The lowest BCUT2D eigenvalue weighted by atomic mass is 9.98. The van der Waals surface area contributed by atoms with Crippen LogP contribution in [0.4, 0.5) is 0 Å². The largest absolute Gasteiger partial charge is 0.346 e. The fourth-order valence-corrected chi connectivity index (χ4v) is 4.67. The molecule has 3 heterocycles. The van der Waals surface area contributed by atoms with Gasteiger partial charge in [-0.15, -0.1) is 0 Å². The summed E-state index contributed by atoms with van der Waals surface area (Å²) in [5.41, 5.74) is 12.5. The third-order valence-electron chi connectivity index (χ3n) is 6.65. The van der Waals surface area contributed by atoms with Gasteiger partial charge in [-0.05, 0) is 30.7 Å². The van der Waals surface area contributed by atoms with Crippen LogP contribution in [-0.2, 0) is 6.54 Å². The number of fused-ring (bicyclic) bond motifs is 1. The number of rotatable bonds is 6. The van der Waals surface area contributed by atoms with Crippen molar-refractivity contribution < 1.29 is 0 Å². The fourth-order valence-electron chi connectivity index (χ4n) is 4.67. The monoisotopic (exact) mass is 440 g/mol. The van der Waals surface area contributed by atoms with Gasteiger partial charge in [-0.3, -0.25) is 4.90 Å². The van der Waals surface area contributed by atoms with Crippen LogP contribution < -0.4 is 5.73 Å². The number of aromatic nitrogens is 3. The van der Waals surface area contributed by atoms with E-state index in [0.29, 0.717) is 0 Å². The van der Waals surface area contributed by atoms with Gasteiger partial charge in [0.2, 0.25) is 0 Å². The lowest BCUT2D eigenvalue weighted by Gasteiger charge is -2.34. The van der Waals surface area contributed by atoms with E-state index >= 15 is 0 Å². The Morgan fingerprint density at radius 3 is 2.39 bits per heavy atom. The summed E-state index contributed by atoms with van der Waals surface area (Å²) >= 11 is 0. The number of nitrogens with one attached hydrogen (secondary N) is 1. The van der Waals surface area contributed by atoms with Gasteiger partial charge in [0.25, 0.3) is 0 Å². The molecule has 6 heteroatoms. The molecule has 0 amide bonds. The van der Waals surface area contributed by atoms with Crippen LogP contribution in [0.15, 0.2) is 60.8 Å². The van der Waals surface area contributed by atoms with Gasteiger partial charge in [-0.2, -0.15) is 0 Å². The van der Waals surface area contributed by atoms with E-state index in [1.54, 1.807) is 0 Å².